The number of nitrogens with one attached hydrogen (secondary N) is 2. The first-order valence-electron chi connectivity index (χ1n) is 9.92. The summed E-state index contributed by atoms with van der Waals surface area (Å²) in [5.74, 6) is 0.916. The van der Waals surface area contributed by atoms with E-state index in [2.05, 4.69) is 41.8 Å². The molecule has 0 saturated heterocycles. The summed E-state index contributed by atoms with van der Waals surface area (Å²) in [6.45, 7) is 6.62. The first-order chi connectivity index (χ1) is 14.4. The van der Waals surface area contributed by atoms with E-state index in [0.29, 0.717) is 18.0 Å². The average molecular weight is 405 g/mol. The van der Waals surface area contributed by atoms with E-state index >= 15 is 0 Å². The molecule has 3 aromatic carbocycles. The number of carbonyl (C=O) groups is 1. The van der Waals surface area contributed by atoms with Crippen LogP contribution in [0.2, 0.25) is 0 Å². The zero-order valence-corrected chi connectivity index (χ0v) is 17.9. The average Bonchev–Trinajstić information content (AvgIpc) is 2.74. The summed E-state index contributed by atoms with van der Waals surface area (Å²) in [4.78, 5) is 12.3. The number of carbonyl (C=O) groups excluding carboxylic acids is 1. The number of methoxy groups -OCH3 is 1. The van der Waals surface area contributed by atoms with Gasteiger partial charge in [0.1, 0.15) is 0 Å². The molecule has 2 N–H and O–H groups in total. The van der Waals surface area contributed by atoms with E-state index in [1.165, 1.54) is 5.56 Å². The third-order valence-electron chi connectivity index (χ3n) is 4.79. The molecule has 0 fully saturated rings. The van der Waals surface area contributed by atoms with Crippen molar-refractivity contribution in [2.75, 3.05) is 24.4 Å². The Hall–Kier alpha value is -3.47. The number of benzene rings is 3. The predicted octanol–water partition coefficient (Wildman–Crippen LogP) is 5.25. The van der Waals surface area contributed by atoms with E-state index < -0.39 is 0 Å². The molecule has 0 unspecified atom stereocenters. The Bertz CT molecular complexity index is 1010. The molecule has 3 rings (SSSR count). The summed E-state index contributed by atoms with van der Waals surface area (Å²) in [7, 11) is 1.59. The van der Waals surface area contributed by atoms with E-state index in [0.717, 1.165) is 28.1 Å². The van der Waals surface area contributed by atoms with Crippen molar-refractivity contribution in [3.8, 4) is 11.5 Å². The van der Waals surface area contributed by atoms with E-state index in [9.17, 15) is 4.79 Å². The highest BCUT2D eigenvalue weighted by Crippen LogP contribution is 2.28. The number of amides is 1. The predicted molar refractivity (Wildman–Crippen MR) is 122 cm³/mol. The molecule has 5 nitrogen and oxygen atoms in total. The standard InChI is InChI=1S/C25H28N2O3/c1-17-5-9-21(10-6-17)26-15-20-8-12-23(24(14-20)29-4)30-16-25(28)27-22-11-7-18(2)13-19(22)3/h5-14,26H,15-16H2,1-4H3,(H,27,28). The molecular weight excluding hydrogens is 376 g/mol. The monoisotopic (exact) mass is 404 g/mol. The van der Waals surface area contributed by atoms with Crippen molar-refractivity contribution < 1.29 is 14.3 Å². The van der Waals surface area contributed by atoms with Crippen LogP contribution in [-0.2, 0) is 11.3 Å². The van der Waals surface area contributed by atoms with Gasteiger partial charge in [0, 0.05) is 17.9 Å². The van der Waals surface area contributed by atoms with Gasteiger partial charge in [0.15, 0.2) is 18.1 Å². The van der Waals surface area contributed by atoms with Gasteiger partial charge in [-0.15, -0.1) is 0 Å². The van der Waals surface area contributed by atoms with Crippen LogP contribution < -0.4 is 20.1 Å². The highest BCUT2D eigenvalue weighted by Gasteiger charge is 2.10. The first kappa shape index (κ1) is 21.2. The topological polar surface area (TPSA) is 59.6 Å². The van der Waals surface area contributed by atoms with Gasteiger partial charge in [0.05, 0.1) is 7.11 Å². The lowest BCUT2D eigenvalue weighted by Gasteiger charge is -2.14. The Balaban J connectivity index is 1.57. The van der Waals surface area contributed by atoms with Crippen molar-refractivity contribution in [1.82, 2.24) is 0 Å². The van der Waals surface area contributed by atoms with E-state index in [1.807, 2.05) is 50.2 Å². The van der Waals surface area contributed by atoms with Crippen LogP contribution in [0.15, 0.2) is 60.7 Å². The third kappa shape index (κ3) is 5.77. The van der Waals surface area contributed by atoms with Crippen molar-refractivity contribution in [3.63, 3.8) is 0 Å². The van der Waals surface area contributed by atoms with Crippen LogP contribution in [-0.4, -0.2) is 19.6 Å². The van der Waals surface area contributed by atoms with Gasteiger partial charge in [-0.3, -0.25) is 4.79 Å². The normalized spacial score (nSPS) is 10.4. The number of hydrogen-bond acceptors (Lipinski definition) is 4. The lowest BCUT2D eigenvalue weighted by atomic mass is 10.1. The molecule has 0 atom stereocenters. The zero-order chi connectivity index (χ0) is 21.5. The van der Waals surface area contributed by atoms with Gasteiger partial charge in [0.2, 0.25) is 0 Å². The molecule has 0 aliphatic rings. The van der Waals surface area contributed by atoms with Gasteiger partial charge >= 0.3 is 0 Å². The van der Waals surface area contributed by atoms with Crippen molar-refractivity contribution in [1.29, 1.82) is 0 Å². The summed E-state index contributed by atoms with van der Waals surface area (Å²) < 4.78 is 11.2. The fraction of sp³-hybridized carbons (Fsp3) is 0.240. The van der Waals surface area contributed by atoms with Crippen molar-refractivity contribution >= 4 is 17.3 Å². The van der Waals surface area contributed by atoms with Crippen molar-refractivity contribution in [2.24, 2.45) is 0 Å². The molecule has 0 aromatic heterocycles. The van der Waals surface area contributed by atoms with Gasteiger partial charge in [0.25, 0.3) is 5.91 Å². The second kappa shape index (κ2) is 9.83. The first-order valence-corrected chi connectivity index (χ1v) is 9.92. The number of hydrogen-bond donors (Lipinski definition) is 2. The minimum atomic E-state index is -0.214. The molecule has 3 aromatic rings. The van der Waals surface area contributed by atoms with Crippen LogP contribution in [0, 0.1) is 20.8 Å². The molecule has 30 heavy (non-hydrogen) atoms. The Morgan fingerprint density at radius 1 is 0.867 bits per heavy atom. The molecule has 5 heteroatoms. The molecular formula is C25H28N2O3. The Kier molecular flexibility index (Phi) is 6.96. The quantitative estimate of drug-likeness (QED) is 0.538. The fourth-order valence-corrected chi connectivity index (χ4v) is 3.10. The number of ether oxygens (including phenoxy) is 2. The van der Waals surface area contributed by atoms with E-state index in [-0.39, 0.29) is 12.5 Å². The van der Waals surface area contributed by atoms with Gasteiger partial charge < -0.3 is 20.1 Å². The second-order valence-electron chi connectivity index (χ2n) is 7.36. The van der Waals surface area contributed by atoms with Crippen molar-refractivity contribution in [2.45, 2.75) is 27.3 Å². The largest absolute Gasteiger partial charge is 0.493 e. The second-order valence-corrected chi connectivity index (χ2v) is 7.36. The lowest BCUT2D eigenvalue weighted by Crippen LogP contribution is -2.20. The number of anilines is 2. The van der Waals surface area contributed by atoms with Crippen molar-refractivity contribution in [3.05, 3.63) is 82.9 Å². The Labute approximate surface area is 178 Å². The molecule has 0 aliphatic carbocycles. The Morgan fingerprint density at radius 3 is 2.30 bits per heavy atom. The zero-order valence-electron chi connectivity index (χ0n) is 17.9. The molecule has 0 radical (unpaired) electrons. The SMILES string of the molecule is COc1cc(CNc2ccc(C)cc2)ccc1OCC(=O)Nc1ccc(C)cc1C. The summed E-state index contributed by atoms with van der Waals surface area (Å²) in [6, 6.07) is 19.9. The maximum Gasteiger partial charge on any atom is 0.262 e. The third-order valence-corrected chi connectivity index (χ3v) is 4.79. The summed E-state index contributed by atoms with van der Waals surface area (Å²) in [5.41, 5.74) is 6.31. The van der Waals surface area contributed by atoms with Gasteiger partial charge in [-0.2, -0.15) is 0 Å². The summed E-state index contributed by atoms with van der Waals surface area (Å²) in [6.07, 6.45) is 0. The molecule has 156 valence electrons. The Morgan fingerprint density at radius 2 is 1.60 bits per heavy atom. The summed E-state index contributed by atoms with van der Waals surface area (Å²) in [5, 5.41) is 6.27. The minimum absolute atomic E-state index is 0.0926. The van der Waals surface area contributed by atoms with Crippen LogP contribution in [0.5, 0.6) is 11.5 Å². The highest BCUT2D eigenvalue weighted by atomic mass is 16.5. The smallest absolute Gasteiger partial charge is 0.262 e. The van der Waals surface area contributed by atoms with Crippen LogP contribution >= 0.6 is 0 Å². The minimum Gasteiger partial charge on any atom is -0.493 e. The fourth-order valence-electron chi connectivity index (χ4n) is 3.10. The lowest BCUT2D eigenvalue weighted by molar-refractivity contribution is -0.118. The van der Waals surface area contributed by atoms with Gasteiger partial charge in [-0.1, -0.05) is 41.5 Å². The van der Waals surface area contributed by atoms with E-state index in [1.54, 1.807) is 7.11 Å². The maximum absolute atomic E-state index is 12.3. The number of rotatable bonds is 8. The highest BCUT2D eigenvalue weighted by molar-refractivity contribution is 5.92. The number of aryl methyl sites for hydroxylation is 3. The van der Waals surface area contributed by atoms with Gasteiger partial charge in [-0.05, 0) is 62.2 Å². The molecule has 0 spiro atoms. The van der Waals surface area contributed by atoms with E-state index in [4.69, 9.17) is 9.47 Å². The van der Waals surface area contributed by atoms with Crippen LogP contribution in [0.4, 0.5) is 11.4 Å². The molecule has 1 amide bonds. The maximum atomic E-state index is 12.3. The molecule has 0 saturated carbocycles. The van der Waals surface area contributed by atoms with Crippen LogP contribution in [0.3, 0.4) is 0 Å². The van der Waals surface area contributed by atoms with Gasteiger partial charge in [-0.25, -0.2) is 0 Å². The van der Waals surface area contributed by atoms with Crippen LogP contribution in [0.1, 0.15) is 22.3 Å². The summed E-state index contributed by atoms with van der Waals surface area (Å²) >= 11 is 0. The molecule has 0 aliphatic heterocycles. The van der Waals surface area contributed by atoms with Crippen LogP contribution in [0.25, 0.3) is 0 Å². The molecule has 0 heterocycles. The molecule has 0 bridgehead atoms.